The molecular weight excluding hydrogens is 410 g/mol. The SMILES string of the molecule is CC1CC/C=C\[C@@H]2C[C@@]2(C(=O)NSC2(C)CC2)NC(=O)[C@@H]2CCCN2C(=O)C[C@H](C)C1. The maximum absolute atomic E-state index is 13.3. The van der Waals surface area contributed by atoms with E-state index in [0.29, 0.717) is 37.6 Å². The monoisotopic (exact) mass is 447 g/mol. The second-order valence-corrected chi connectivity index (χ2v) is 12.0. The molecule has 5 atom stereocenters. The topological polar surface area (TPSA) is 78.5 Å². The molecule has 172 valence electrons. The molecule has 1 unspecified atom stereocenters. The lowest BCUT2D eigenvalue weighted by Gasteiger charge is -2.28. The van der Waals surface area contributed by atoms with Crippen LogP contribution < -0.4 is 10.0 Å². The van der Waals surface area contributed by atoms with Crippen LogP contribution in [0.3, 0.4) is 0 Å². The lowest BCUT2D eigenvalue weighted by molar-refractivity contribution is -0.140. The second kappa shape index (κ2) is 8.80. The van der Waals surface area contributed by atoms with Crippen LogP contribution in [-0.4, -0.2) is 45.5 Å². The molecule has 0 aromatic heterocycles. The van der Waals surface area contributed by atoms with E-state index in [-0.39, 0.29) is 28.4 Å². The average molecular weight is 448 g/mol. The van der Waals surface area contributed by atoms with Gasteiger partial charge in [0.1, 0.15) is 11.6 Å². The highest BCUT2D eigenvalue weighted by molar-refractivity contribution is 7.99. The number of hydrogen-bond donors (Lipinski definition) is 2. The van der Waals surface area contributed by atoms with Gasteiger partial charge in [0.2, 0.25) is 11.8 Å². The van der Waals surface area contributed by atoms with Crippen LogP contribution in [0.4, 0.5) is 0 Å². The Balaban J connectivity index is 1.52. The van der Waals surface area contributed by atoms with E-state index in [0.717, 1.165) is 38.5 Å². The maximum Gasteiger partial charge on any atom is 0.256 e. The number of fused-ring (bicyclic) bond motifs is 2. The van der Waals surface area contributed by atoms with Crippen molar-refractivity contribution in [3.05, 3.63) is 12.2 Å². The highest BCUT2D eigenvalue weighted by Gasteiger charge is 2.61. The van der Waals surface area contributed by atoms with Gasteiger partial charge in [-0.3, -0.25) is 19.1 Å². The number of carbonyl (C=O) groups excluding carboxylic acids is 3. The number of nitrogens with one attached hydrogen (secondary N) is 2. The first-order chi connectivity index (χ1) is 14.7. The molecule has 2 N–H and O–H groups in total. The molecule has 2 aliphatic carbocycles. The van der Waals surface area contributed by atoms with Gasteiger partial charge in [0, 0.05) is 23.6 Å². The molecule has 0 aromatic carbocycles. The van der Waals surface area contributed by atoms with Crippen molar-refractivity contribution in [1.82, 2.24) is 14.9 Å². The van der Waals surface area contributed by atoms with Crippen LogP contribution in [0.25, 0.3) is 0 Å². The predicted octanol–water partition coefficient (Wildman–Crippen LogP) is 3.57. The third-order valence-electron chi connectivity index (χ3n) is 7.51. The van der Waals surface area contributed by atoms with Crippen molar-refractivity contribution < 1.29 is 14.4 Å². The Morgan fingerprint density at radius 3 is 2.74 bits per heavy atom. The Morgan fingerprint density at radius 1 is 1.23 bits per heavy atom. The van der Waals surface area contributed by atoms with Crippen LogP contribution in [0, 0.1) is 17.8 Å². The minimum Gasteiger partial charge on any atom is -0.339 e. The largest absolute Gasteiger partial charge is 0.339 e. The Hall–Kier alpha value is -1.50. The second-order valence-electron chi connectivity index (χ2n) is 10.7. The van der Waals surface area contributed by atoms with Crippen molar-refractivity contribution in [2.45, 2.75) is 94.9 Å². The third-order valence-corrected chi connectivity index (χ3v) is 8.70. The van der Waals surface area contributed by atoms with E-state index in [4.69, 9.17) is 0 Å². The standard InChI is InChI=1S/C24H37N3O3S/c1-16-7-4-5-8-18-15-24(18,22(30)26-31-23(3)10-11-23)25-21(29)19-9-6-12-27(19)20(28)14-17(2)13-16/h5,8,16-19H,4,6-7,9-15H2,1-3H3,(H,25,29)(H,26,30)/b8-5-/t16?,17-,18-,19+,24-/m1/s1. The van der Waals surface area contributed by atoms with Gasteiger partial charge < -0.3 is 10.2 Å². The van der Waals surface area contributed by atoms with Crippen molar-refractivity contribution in [1.29, 1.82) is 0 Å². The molecule has 3 amide bonds. The number of carbonyl (C=O) groups is 3. The molecule has 0 aromatic rings. The number of amides is 3. The van der Waals surface area contributed by atoms with Crippen LogP contribution in [-0.2, 0) is 14.4 Å². The number of nitrogens with zero attached hydrogens (tertiary/aromatic N) is 1. The van der Waals surface area contributed by atoms with E-state index in [2.05, 4.69) is 43.0 Å². The highest BCUT2D eigenvalue weighted by Crippen LogP contribution is 2.49. The van der Waals surface area contributed by atoms with Crippen molar-refractivity contribution in [3.63, 3.8) is 0 Å². The summed E-state index contributed by atoms with van der Waals surface area (Å²) >= 11 is 1.49. The normalized spacial score (nSPS) is 38.7. The van der Waals surface area contributed by atoms with E-state index in [9.17, 15) is 14.4 Å². The molecule has 0 radical (unpaired) electrons. The first kappa shape index (κ1) is 22.7. The fourth-order valence-corrected chi connectivity index (χ4v) is 5.93. The third kappa shape index (κ3) is 5.12. The van der Waals surface area contributed by atoms with Crippen molar-refractivity contribution >= 4 is 29.7 Å². The van der Waals surface area contributed by atoms with Crippen LogP contribution in [0.2, 0.25) is 0 Å². The number of hydrogen-bond acceptors (Lipinski definition) is 4. The van der Waals surface area contributed by atoms with Crippen LogP contribution in [0.15, 0.2) is 12.2 Å². The molecule has 4 rings (SSSR count). The summed E-state index contributed by atoms with van der Waals surface area (Å²) in [6.45, 7) is 7.18. The van der Waals surface area contributed by atoms with Crippen LogP contribution >= 0.6 is 11.9 Å². The molecule has 1 saturated heterocycles. The van der Waals surface area contributed by atoms with Gasteiger partial charge in [-0.2, -0.15) is 0 Å². The van der Waals surface area contributed by atoms with Gasteiger partial charge in [-0.25, -0.2) is 0 Å². The lowest BCUT2D eigenvalue weighted by atomic mass is 9.91. The summed E-state index contributed by atoms with van der Waals surface area (Å²) in [7, 11) is 0. The van der Waals surface area contributed by atoms with Gasteiger partial charge in [0.05, 0.1) is 0 Å². The van der Waals surface area contributed by atoms with Gasteiger partial charge in [0.15, 0.2) is 0 Å². The van der Waals surface area contributed by atoms with E-state index < -0.39 is 11.6 Å². The number of allylic oxidation sites excluding steroid dienone is 1. The Labute approximate surface area is 190 Å². The zero-order valence-electron chi connectivity index (χ0n) is 19.1. The predicted molar refractivity (Wildman–Crippen MR) is 123 cm³/mol. The highest BCUT2D eigenvalue weighted by atomic mass is 32.2. The summed E-state index contributed by atoms with van der Waals surface area (Å²) < 4.78 is 3.17. The fourth-order valence-electron chi connectivity index (χ4n) is 5.11. The van der Waals surface area contributed by atoms with Crippen LogP contribution in [0.5, 0.6) is 0 Å². The van der Waals surface area contributed by atoms with Crippen molar-refractivity contribution in [2.24, 2.45) is 17.8 Å². The first-order valence-electron chi connectivity index (χ1n) is 12.0. The molecule has 2 aliphatic heterocycles. The fraction of sp³-hybridized carbons (Fsp3) is 0.792. The average Bonchev–Trinajstić information content (AvgIpc) is 3.55. The Kier molecular flexibility index (Phi) is 6.44. The molecule has 4 aliphatic rings. The molecule has 2 heterocycles. The van der Waals surface area contributed by atoms with Gasteiger partial charge in [-0.05, 0) is 82.1 Å². The van der Waals surface area contributed by atoms with Gasteiger partial charge in [-0.1, -0.05) is 26.0 Å². The molecule has 3 fully saturated rings. The summed E-state index contributed by atoms with van der Waals surface area (Å²) in [5.41, 5.74) is -0.873. The van der Waals surface area contributed by atoms with Gasteiger partial charge in [-0.15, -0.1) is 0 Å². The Morgan fingerprint density at radius 2 is 2.00 bits per heavy atom. The van der Waals surface area contributed by atoms with E-state index in [1.54, 1.807) is 4.90 Å². The molecule has 7 heteroatoms. The molecule has 2 saturated carbocycles. The Bertz CT molecular complexity index is 765. The molecule has 31 heavy (non-hydrogen) atoms. The molecule has 0 bridgehead atoms. The van der Waals surface area contributed by atoms with Crippen LogP contribution in [0.1, 0.15) is 78.6 Å². The molecular formula is C24H37N3O3S. The zero-order chi connectivity index (χ0) is 22.2. The van der Waals surface area contributed by atoms with Gasteiger partial charge in [0.25, 0.3) is 5.91 Å². The van der Waals surface area contributed by atoms with E-state index in [1.165, 1.54) is 11.9 Å². The zero-order valence-corrected chi connectivity index (χ0v) is 19.9. The minimum absolute atomic E-state index is 0.0222. The summed E-state index contributed by atoms with van der Waals surface area (Å²) in [5.74, 6) is 0.690. The summed E-state index contributed by atoms with van der Waals surface area (Å²) in [6, 6.07) is -0.453. The molecule has 6 nitrogen and oxygen atoms in total. The van der Waals surface area contributed by atoms with Crippen molar-refractivity contribution in [3.8, 4) is 0 Å². The van der Waals surface area contributed by atoms with Gasteiger partial charge >= 0.3 is 0 Å². The van der Waals surface area contributed by atoms with E-state index >= 15 is 0 Å². The molecule has 0 spiro atoms. The van der Waals surface area contributed by atoms with E-state index in [1.807, 2.05) is 0 Å². The lowest BCUT2D eigenvalue weighted by Crippen LogP contribution is -2.55. The quantitative estimate of drug-likeness (QED) is 0.512. The summed E-state index contributed by atoms with van der Waals surface area (Å²) in [5, 5.41) is 3.10. The van der Waals surface area contributed by atoms with Crippen molar-refractivity contribution in [2.75, 3.05) is 6.54 Å². The maximum atomic E-state index is 13.3. The first-order valence-corrected chi connectivity index (χ1v) is 12.8. The number of rotatable bonds is 3. The minimum atomic E-state index is -0.873. The summed E-state index contributed by atoms with van der Waals surface area (Å²) in [4.78, 5) is 41.2. The smallest absolute Gasteiger partial charge is 0.256 e. The summed E-state index contributed by atoms with van der Waals surface area (Å²) in [6.07, 6.45) is 12.2.